The van der Waals surface area contributed by atoms with Gasteiger partial charge in [0.15, 0.2) is 0 Å². The van der Waals surface area contributed by atoms with E-state index in [0.717, 1.165) is 19.4 Å². The monoisotopic (exact) mass is 292 g/mol. The highest BCUT2D eigenvalue weighted by Crippen LogP contribution is 2.32. The molecule has 0 spiro atoms. The number of benzene rings is 1. The number of nitrogens with one attached hydrogen (secondary N) is 2. The molecular formula is C11H11Cl3N2O. The Kier molecular flexibility index (Phi) is 4.15. The van der Waals surface area contributed by atoms with Gasteiger partial charge in [0.1, 0.15) is 0 Å². The van der Waals surface area contributed by atoms with Crippen LogP contribution in [0.4, 0.5) is 5.69 Å². The molecule has 1 heterocycles. The molecule has 1 aliphatic heterocycles. The van der Waals surface area contributed by atoms with Gasteiger partial charge in [-0.3, -0.25) is 4.79 Å². The van der Waals surface area contributed by atoms with E-state index in [4.69, 9.17) is 34.8 Å². The predicted octanol–water partition coefficient (Wildman–Crippen LogP) is 3.34. The van der Waals surface area contributed by atoms with Crippen LogP contribution in [0, 0.1) is 0 Å². The second kappa shape index (κ2) is 5.44. The van der Waals surface area contributed by atoms with Crippen LogP contribution in [-0.4, -0.2) is 18.5 Å². The molecule has 6 heteroatoms. The standard InChI is InChI=1S/C11H11Cl3N2O/c12-6-4-8(14)10(5-7(6)13)16-11(17)9-2-1-3-15-9/h4-5,9,15H,1-3H2,(H,16,17)/t9-/m1/s1. The van der Waals surface area contributed by atoms with Crippen LogP contribution in [0.3, 0.4) is 0 Å². The van der Waals surface area contributed by atoms with Crippen molar-refractivity contribution in [1.29, 1.82) is 0 Å². The van der Waals surface area contributed by atoms with Crippen molar-refractivity contribution in [3.8, 4) is 0 Å². The average molecular weight is 294 g/mol. The summed E-state index contributed by atoms with van der Waals surface area (Å²) in [7, 11) is 0. The third-order valence-electron chi connectivity index (χ3n) is 2.64. The van der Waals surface area contributed by atoms with Crippen molar-refractivity contribution in [3.05, 3.63) is 27.2 Å². The third-order valence-corrected chi connectivity index (χ3v) is 3.68. The maximum Gasteiger partial charge on any atom is 0.241 e. The maximum atomic E-state index is 11.9. The van der Waals surface area contributed by atoms with Crippen LogP contribution >= 0.6 is 34.8 Å². The molecule has 1 atom stereocenters. The quantitative estimate of drug-likeness (QED) is 0.821. The SMILES string of the molecule is O=C(Nc1cc(Cl)c(Cl)cc1Cl)[C@H]1CCCN1. The van der Waals surface area contributed by atoms with E-state index < -0.39 is 0 Å². The number of hydrogen-bond acceptors (Lipinski definition) is 2. The molecule has 0 saturated carbocycles. The van der Waals surface area contributed by atoms with Gasteiger partial charge in [0.05, 0.1) is 26.8 Å². The lowest BCUT2D eigenvalue weighted by Crippen LogP contribution is -2.35. The van der Waals surface area contributed by atoms with E-state index in [9.17, 15) is 4.79 Å². The molecule has 0 unspecified atom stereocenters. The Morgan fingerprint density at radius 3 is 2.59 bits per heavy atom. The lowest BCUT2D eigenvalue weighted by molar-refractivity contribution is -0.117. The van der Waals surface area contributed by atoms with Crippen LogP contribution in [-0.2, 0) is 4.79 Å². The lowest BCUT2D eigenvalue weighted by atomic mass is 10.2. The highest BCUT2D eigenvalue weighted by atomic mass is 35.5. The normalized spacial score (nSPS) is 19.4. The molecule has 3 nitrogen and oxygen atoms in total. The van der Waals surface area contributed by atoms with Crippen LogP contribution in [0.1, 0.15) is 12.8 Å². The van der Waals surface area contributed by atoms with Gasteiger partial charge >= 0.3 is 0 Å². The first kappa shape index (κ1) is 13.0. The Bertz CT molecular complexity index is 445. The molecule has 1 saturated heterocycles. The Labute approximate surface area is 114 Å². The molecule has 1 aliphatic rings. The Hall–Kier alpha value is -0.480. The first-order chi connectivity index (χ1) is 8.08. The van der Waals surface area contributed by atoms with Crippen molar-refractivity contribution in [2.45, 2.75) is 18.9 Å². The summed E-state index contributed by atoms with van der Waals surface area (Å²) in [5, 5.41) is 6.97. The van der Waals surface area contributed by atoms with E-state index in [1.165, 1.54) is 6.07 Å². The molecule has 0 aromatic heterocycles. The summed E-state index contributed by atoms with van der Waals surface area (Å²) >= 11 is 17.7. The number of anilines is 1. The smallest absolute Gasteiger partial charge is 0.241 e. The van der Waals surface area contributed by atoms with Crippen LogP contribution in [0.2, 0.25) is 15.1 Å². The van der Waals surface area contributed by atoms with Crippen molar-refractivity contribution in [2.24, 2.45) is 0 Å². The third kappa shape index (κ3) is 3.05. The lowest BCUT2D eigenvalue weighted by Gasteiger charge is -2.12. The molecule has 0 bridgehead atoms. The molecule has 0 radical (unpaired) electrons. The zero-order chi connectivity index (χ0) is 12.4. The van der Waals surface area contributed by atoms with Crippen molar-refractivity contribution in [3.63, 3.8) is 0 Å². The minimum atomic E-state index is -0.152. The van der Waals surface area contributed by atoms with Crippen molar-refractivity contribution in [1.82, 2.24) is 5.32 Å². The Balaban J connectivity index is 2.12. The summed E-state index contributed by atoms with van der Waals surface area (Å²) < 4.78 is 0. The molecule has 2 N–H and O–H groups in total. The van der Waals surface area contributed by atoms with Crippen molar-refractivity contribution >= 4 is 46.4 Å². The molecule has 1 aromatic carbocycles. The van der Waals surface area contributed by atoms with E-state index in [0.29, 0.717) is 20.8 Å². The van der Waals surface area contributed by atoms with E-state index in [1.807, 2.05) is 0 Å². The molecular weight excluding hydrogens is 282 g/mol. The second-order valence-electron chi connectivity index (χ2n) is 3.88. The van der Waals surface area contributed by atoms with Crippen LogP contribution in [0.25, 0.3) is 0 Å². The van der Waals surface area contributed by atoms with E-state index in [1.54, 1.807) is 6.07 Å². The number of carbonyl (C=O) groups excluding carboxylic acids is 1. The fourth-order valence-electron chi connectivity index (χ4n) is 1.75. The molecule has 92 valence electrons. The van der Waals surface area contributed by atoms with Gasteiger partial charge in [-0.15, -0.1) is 0 Å². The highest BCUT2D eigenvalue weighted by Gasteiger charge is 2.22. The van der Waals surface area contributed by atoms with Gasteiger partial charge in [0.2, 0.25) is 5.91 Å². The molecule has 1 aromatic rings. The molecule has 0 aliphatic carbocycles. The van der Waals surface area contributed by atoms with E-state index in [2.05, 4.69) is 10.6 Å². The molecule has 1 amide bonds. The fraction of sp³-hybridized carbons (Fsp3) is 0.364. The summed E-state index contributed by atoms with van der Waals surface area (Å²) in [5.74, 6) is -0.0946. The highest BCUT2D eigenvalue weighted by molar-refractivity contribution is 6.44. The summed E-state index contributed by atoms with van der Waals surface area (Å²) in [5.41, 5.74) is 0.486. The van der Waals surface area contributed by atoms with Gasteiger partial charge < -0.3 is 10.6 Å². The van der Waals surface area contributed by atoms with Crippen LogP contribution in [0.5, 0.6) is 0 Å². The Morgan fingerprint density at radius 2 is 1.94 bits per heavy atom. The van der Waals surface area contributed by atoms with Crippen molar-refractivity contribution in [2.75, 3.05) is 11.9 Å². The minimum Gasteiger partial charge on any atom is -0.323 e. The van der Waals surface area contributed by atoms with Crippen LogP contribution in [0.15, 0.2) is 12.1 Å². The summed E-state index contributed by atoms with van der Waals surface area (Å²) in [6.45, 7) is 0.868. The molecule has 17 heavy (non-hydrogen) atoms. The maximum absolute atomic E-state index is 11.9. The number of rotatable bonds is 2. The minimum absolute atomic E-state index is 0.0946. The van der Waals surface area contributed by atoms with Gasteiger partial charge in [0.25, 0.3) is 0 Å². The van der Waals surface area contributed by atoms with Gasteiger partial charge in [-0.25, -0.2) is 0 Å². The zero-order valence-corrected chi connectivity index (χ0v) is 11.2. The first-order valence-corrected chi connectivity index (χ1v) is 6.40. The largest absolute Gasteiger partial charge is 0.323 e. The van der Waals surface area contributed by atoms with E-state index in [-0.39, 0.29) is 11.9 Å². The Morgan fingerprint density at radius 1 is 1.24 bits per heavy atom. The van der Waals surface area contributed by atoms with Gasteiger partial charge in [-0.05, 0) is 31.5 Å². The first-order valence-electron chi connectivity index (χ1n) is 5.26. The second-order valence-corrected chi connectivity index (χ2v) is 5.11. The molecule has 1 fully saturated rings. The van der Waals surface area contributed by atoms with E-state index >= 15 is 0 Å². The van der Waals surface area contributed by atoms with Crippen molar-refractivity contribution < 1.29 is 4.79 Å². The zero-order valence-electron chi connectivity index (χ0n) is 8.90. The van der Waals surface area contributed by atoms with Gasteiger partial charge in [-0.1, -0.05) is 34.8 Å². The summed E-state index contributed by atoms with van der Waals surface area (Å²) in [6.07, 6.45) is 1.85. The summed E-state index contributed by atoms with van der Waals surface area (Å²) in [4.78, 5) is 11.9. The average Bonchev–Trinajstić information content (AvgIpc) is 2.79. The number of amides is 1. The summed E-state index contributed by atoms with van der Waals surface area (Å²) in [6, 6.07) is 2.92. The fourth-order valence-corrected chi connectivity index (χ4v) is 2.34. The number of halogens is 3. The van der Waals surface area contributed by atoms with Crippen LogP contribution < -0.4 is 10.6 Å². The number of carbonyl (C=O) groups is 1. The van der Waals surface area contributed by atoms with Gasteiger partial charge in [-0.2, -0.15) is 0 Å². The topological polar surface area (TPSA) is 41.1 Å². The number of hydrogen-bond donors (Lipinski definition) is 2. The molecule has 2 rings (SSSR count). The predicted molar refractivity (Wildman–Crippen MR) is 71.1 cm³/mol. The van der Waals surface area contributed by atoms with Gasteiger partial charge in [0, 0.05) is 0 Å².